The third-order valence-electron chi connectivity index (χ3n) is 2.80. The lowest BCUT2D eigenvalue weighted by molar-refractivity contribution is 0.0941. The minimum absolute atomic E-state index is 0.170. The van der Waals surface area contributed by atoms with E-state index in [4.69, 9.17) is 17.3 Å². The number of pyridine rings is 1. The molecule has 0 saturated carbocycles. The van der Waals surface area contributed by atoms with Gasteiger partial charge in [-0.25, -0.2) is 0 Å². The average molecular weight is 276 g/mol. The van der Waals surface area contributed by atoms with Crippen molar-refractivity contribution in [2.75, 3.05) is 5.73 Å². The molecule has 1 atom stereocenters. The van der Waals surface area contributed by atoms with Crippen LogP contribution in [0.25, 0.3) is 0 Å². The van der Waals surface area contributed by atoms with Crippen molar-refractivity contribution in [3.8, 4) is 0 Å². The molecule has 0 fully saturated rings. The summed E-state index contributed by atoms with van der Waals surface area (Å²) < 4.78 is 0. The maximum Gasteiger partial charge on any atom is 0.255 e. The summed E-state index contributed by atoms with van der Waals surface area (Å²) in [7, 11) is 0. The fourth-order valence-electron chi connectivity index (χ4n) is 1.76. The minimum Gasteiger partial charge on any atom is -0.398 e. The predicted molar refractivity (Wildman–Crippen MR) is 76.0 cm³/mol. The van der Waals surface area contributed by atoms with Crippen molar-refractivity contribution >= 4 is 23.2 Å². The predicted octanol–water partition coefficient (Wildman–Crippen LogP) is 2.81. The molecule has 0 radical (unpaired) electrons. The molecule has 1 unspecified atom stereocenters. The van der Waals surface area contributed by atoms with E-state index in [1.807, 2.05) is 19.1 Å². The molecule has 1 aromatic heterocycles. The molecule has 3 N–H and O–H groups in total. The number of nitrogen functional groups attached to an aromatic ring is 1. The van der Waals surface area contributed by atoms with Gasteiger partial charge in [0.15, 0.2) is 0 Å². The standard InChI is InChI=1S/C14H14ClN3O/c1-9(10-4-3-7-17-8-10)18-14(19)13-11(15)5-2-6-12(13)16/h2-9H,16H2,1H3,(H,18,19). The Balaban J connectivity index is 2.18. The van der Waals surface area contributed by atoms with Crippen LogP contribution in [0.4, 0.5) is 5.69 Å². The van der Waals surface area contributed by atoms with Gasteiger partial charge in [0.1, 0.15) is 0 Å². The monoisotopic (exact) mass is 275 g/mol. The van der Waals surface area contributed by atoms with Crippen LogP contribution in [-0.2, 0) is 0 Å². The number of rotatable bonds is 3. The van der Waals surface area contributed by atoms with E-state index < -0.39 is 0 Å². The van der Waals surface area contributed by atoms with E-state index in [9.17, 15) is 4.79 Å². The fourth-order valence-corrected chi connectivity index (χ4v) is 2.03. The normalized spacial score (nSPS) is 11.9. The molecule has 1 heterocycles. The van der Waals surface area contributed by atoms with E-state index in [1.165, 1.54) is 0 Å². The molecule has 0 aliphatic rings. The first-order valence-corrected chi connectivity index (χ1v) is 6.22. The first-order chi connectivity index (χ1) is 9.09. The second kappa shape index (κ2) is 5.71. The van der Waals surface area contributed by atoms with Gasteiger partial charge in [0.05, 0.1) is 16.6 Å². The lowest BCUT2D eigenvalue weighted by atomic mass is 10.1. The Morgan fingerprint density at radius 2 is 2.16 bits per heavy atom. The van der Waals surface area contributed by atoms with Crippen molar-refractivity contribution in [2.24, 2.45) is 0 Å². The average Bonchev–Trinajstić information content (AvgIpc) is 2.39. The fraction of sp³-hybridized carbons (Fsp3) is 0.143. The summed E-state index contributed by atoms with van der Waals surface area (Å²) in [5.41, 5.74) is 7.37. The maximum atomic E-state index is 12.2. The molecule has 0 aliphatic heterocycles. The Bertz CT molecular complexity index is 566. The number of hydrogen-bond donors (Lipinski definition) is 2. The van der Waals surface area contributed by atoms with Crippen LogP contribution in [0.15, 0.2) is 42.7 Å². The van der Waals surface area contributed by atoms with E-state index in [-0.39, 0.29) is 11.9 Å². The highest BCUT2D eigenvalue weighted by Crippen LogP contribution is 2.22. The van der Waals surface area contributed by atoms with Gasteiger partial charge in [0.2, 0.25) is 0 Å². The summed E-state index contributed by atoms with van der Waals surface area (Å²) in [4.78, 5) is 16.2. The van der Waals surface area contributed by atoms with E-state index >= 15 is 0 Å². The van der Waals surface area contributed by atoms with Gasteiger partial charge >= 0.3 is 0 Å². The zero-order valence-electron chi connectivity index (χ0n) is 10.4. The van der Waals surface area contributed by atoms with Crippen LogP contribution in [0.2, 0.25) is 5.02 Å². The topological polar surface area (TPSA) is 68.0 Å². The number of carbonyl (C=O) groups is 1. The van der Waals surface area contributed by atoms with Crippen molar-refractivity contribution in [1.29, 1.82) is 0 Å². The summed E-state index contributed by atoms with van der Waals surface area (Å²) in [5, 5.41) is 3.19. The van der Waals surface area contributed by atoms with Crippen molar-refractivity contribution in [3.05, 3.63) is 58.9 Å². The highest BCUT2D eigenvalue weighted by molar-refractivity contribution is 6.34. The van der Waals surface area contributed by atoms with Crippen LogP contribution < -0.4 is 11.1 Å². The number of anilines is 1. The largest absolute Gasteiger partial charge is 0.398 e. The number of nitrogens with zero attached hydrogens (tertiary/aromatic N) is 1. The molecule has 0 spiro atoms. The SMILES string of the molecule is CC(NC(=O)c1c(N)cccc1Cl)c1cccnc1. The molecule has 0 aliphatic carbocycles. The third kappa shape index (κ3) is 3.03. The number of carbonyl (C=O) groups excluding carboxylic acids is 1. The summed E-state index contributed by atoms with van der Waals surface area (Å²) in [6, 6.07) is 8.54. The number of amides is 1. The Morgan fingerprint density at radius 1 is 1.37 bits per heavy atom. The molecule has 1 amide bonds. The molecule has 19 heavy (non-hydrogen) atoms. The van der Waals surface area contributed by atoms with E-state index in [1.54, 1.807) is 30.6 Å². The number of nitrogens with two attached hydrogens (primary N) is 1. The highest BCUT2D eigenvalue weighted by atomic mass is 35.5. The minimum atomic E-state index is -0.292. The zero-order chi connectivity index (χ0) is 13.8. The molecule has 5 heteroatoms. The van der Waals surface area contributed by atoms with Crippen LogP contribution in [0.1, 0.15) is 28.9 Å². The number of nitrogens with one attached hydrogen (secondary N) is 1. The molecular weight excluding hydrogens is 262 g/mol. The lowest BCUT2D eigenvalue weighted by Gasteiger charge is -2.15. The van der Waals surface area contributed by atoms with Crippen molar-refractivity contribution in [2.45, 2.75) is 13.0 Å². The molecule has 2 aromatic rings. The van der Waals surface area contributed by atoms with Crippen LogP contribution in [0, 0.1) is 0 Å². The summed E-state index contributed by atoms with van der Waals surface area (Å²) in [6.07, 6.45) is 3.39. The van der Waals surface area contributed by atoms with Gasteiger partial charge in [0, 0.05) is 18.1 Å². The van der Waals surface area contributed by atoms with Gasteiger partial charge in [-0.15, -0.1) is 0 Å². The molecule has 1 aromatic carbocycles. The van der Waals surface area contributed by atoms with Crippen LogP contribution >= 0.6 is 11.6 Å². The molecule has 98 valence electrons. The number of halogens is 1. The van der Waals surface area contributed by atoms with Crippen LogP contribution in [0.5, 0.6) is 0 Å². The first-order valence-electron chi connectivity index (χ1n) is 5.84. The molecular formula is C14H14ClN3O. The van der Waals surface area contributed by atoms with Gasteiger partial charge in [-0.05, 0) is 30.7 Å². The van der Waals surface area contributed by atoms with Crippen LogP contribution in [-0.4, -0.2) is 10.9 Å². The van der Waals surface area contributed by atoms with Crippen molar-refractivity contribution in [3.63, 3.8) is 0 Å². The smallest absolute Gasteiger partial charge is 0.255 e. The summed E-state index contributed by atoms with van der Waals surface area (Å²) in [6.45, 7) is 1.88. The second-order valence-corrected chi connectivity index (χ2v) is 4.59. The number of aromatic nitrogens is 1. The van der Waals surface area contributed by atoms with Gasteiger partial charge in [0.25, 0.3) is 5.91 Å². The van der Waals surface area contributed by atoms with Crippen molar-refractivity contribution in [1.82, 2.24) is 10.3 Å². The molecule has 2 rings (SSSR count). The summed E-state index contributed by atoms with van der Waals surface area (Å²) >= 11 is 6.00. The Hall–Kier alpha value is -2.07. The second-order valence-electron chi connectivity index (χ2n) is 4.19. The Morgan fingerprint density at radius 3 is 2.79 bits per heavy atom. The van der Waals surface area contributed by atoms with Crippen LogP contribution in [0.3, 0.4) is 0 Å². The highest BCUT2D eigenvalue weighted by Gasteiger charge is 2.16. The van der Waals surface area contributed by atoms with Crippen molar-refractivity contribution < 1.29 is 4.79 Å². The maximum absolute atomic E-state index is 12.2. The van der Waals surface area contributed by atoms with Gasteiger partial charge in [-0.1, -0.05) is 23.7 Å². The first kappa shape index (κ1) is 13.4. The molecule has 4 nitrogen and oxygen atoms in total. The van der Waals surface area contributed by atoms with Gasteiger partial charge in [-0.3, -0.25) is 9.78 Å². The Kier molecular flexibility index (Phi) is 4.02. The van der Waals surface area contributed by atoms with E-state index in [0.717, 1.165) is 5.56 Å². The van der Waals surface area contributed by atoms with Gasteiger partial charge < -0.3 is 11.1 Å². The third-order valence-corrected chi connectivity index (χ3v) is 3.12. The lowest BCUT2D eigenvalue weighted by Crippen LogP contribution is -2.27. The quantitative estimate of drug-likeness (QED) is 0.847. The molecule has 0 bridgehead atoms. The summed E-state index contributed by atoms with van der Waals surface area (Å²) in [5.74, 6) is -0.292. The van der Waals surface area contributed by atoms with E-state index in [0.29, 0.717) is 16.3 Å². The zero-order valence-corrected chi connectivity index (χ0v) is 11.2. The Labute approximate surface area is 116 Å². The van der Waals surface area contributed by atoms with E-state index in [2.05, 4.69) is 10.3 Å². The number of hydrogen-bond acceptors (Lipinski definition) is 3. The van der Waals surface area contributed by atoms with Gasteiger partial charge in [-0.2, -0.15) is 0 Å². The molecule has 0 saturated heterocycles. The number of benzene rings is 1.